The number of carbonyl (C=O) groups excluding carboxylic acids is 1. The predicted molar refractivity (Wildman–Crippen MR) is 106 cm³/mol. The molecule has 1 unspecified atom stereocenters. The molecule has 0 radical (unpaired) electrons. The van der Waals surface area contributed by atoms with Gasteiger partial charge in [-0.2, -0.15) is 0 Å². The molecule has 134 valence electrons. The van der Waals surface area contributed by atoms with Crippen molar-refractivity contribution in [3.8, 4) is 0 Å². The van der Waals surface area contributed by atoms with Crippen LogP contribution in [-0.4, -0.2) is 13.1 Å². The van der Waals surface area contributed by atoms with Crippen LogP contribution in [-0.2, 0) is 20.1 Å². The molecule has 0 aromatic heterocycles. The number of hydrogen-bond donors (Lipinski definition) is 0. The minimum absolute atomic E-state index is 0.420. The maximum atomic E-state index is 13.0. The summed E-state index contributed by atoms with van der Waals surface area (Å²) >= 11 is 6.05. The summed E-state index contributed by atoms with van der Waals surface area (Å²) in [6, 6.07) is 26.3. The molecule has 0 fully saturated rings. The van der Waals surface area contributed by atoms with Gasteiger partial charge in [0.05, 0.1) is 11.1 Å². The second-order valence-corrected chi connectivity index (χ2v) is 6.64. The third kappa shape index (κ3) is 2.95. The molecule has 1 heterocycles. The zero-order valence-electron chi connectivity index (χ0n) is 14.7. The van der Waals surface area contributed by atoms with Crippen LogP contribution >= 0.6 is 11.6 Å². The Morgan fingerprint density at radius 3 is 1.93 bits per heavy atom. The third-order valence-corrected chi connectivity index (χ3v) is 4.91. The summed E-state index contributed by atoms with van der Waals surface area (Å²) in [6.07, 6.45) is 0. The Morgan fingerprint density at radius 2 is 1.37 bits per heavy atom. The van der Waals surface area contributed by atoms with E-state index in [1.807, 2.05) is 72.8 Å². The van der Waals surface area contributed by atoms with E-state index in [4.69, 9.17) is 21.1 Å². The molecule has 3 aromatic rings. The lowest BCUT2D eigenvalue weighted by Crippen LogP contribution is -2.31. The van der Waals surface area contributed by atoms with E-state index in [9.17, 15) is 4.79 Å². The molecule has 0 spiro atoms. The van der Waals surface area contributed by atoms with Crippen LogP contribution in [0.25, 0.3) is 11.1 Å². The maximum absolute atomic E-state index is 13.0. The molecule has 0 amide bonds. The highest BCUT2D eigenvalue weighted by Gasteiger charge is 2.50. The van der Waals surface area contributed by atoms with Gasteiger partial charge in [-0.15, -0.1) is 0 Å². The highest BCUT2D eigenvalue weighted by molar-refractivity contribution is 6.30. The lowest BCUT2D eigenvalue weighted by Gasteiger charge is -2.30. The van der Waals surface area contributed by atoms with Crippen LogP contribution in [0.3, 0.4) is 0 Å². The van der Waals surface area contributed by atoms with Gasteiger partial charge < -0.3 is 9.47 Å². The van der Waals surface area contributed by atoms with Crippen molar-refractivity contribution in [2.24, 2.45) is 0 Å². The van der Waals surface area contributed by atoms with Crippen molar-refractivity contribution in [1.29, 1.82) is 0 Å². The molecule has 0 bridgehead atoms. The average molecular weight is 377 g/mol. The van der Waals surface area contributed by atoms with E-state index < -0.39 is 11.8 Å². The Bertz CT molecular complexity index is 995. The molecular formula is C23H17ClO3. The molecule has 4 rings (SSSR count). The Labute approximate surface area is 162 Å². The summed E-state index contributed by atoms with van der Waals surface area (Å²) < 4.78 is 11.7. The topological polar surface area (TPSA) is 35.5 Å². The lowest BCUT2D eigenvalue weighted by atomic mass is 9.87. The fourth-order valence-electron chi connectivity index (χ4n) is 3.44. The third-order valence-electron chi connectivity index (χ3n) is 4.66. The molecule has 0 saturated carbocycles. The Balaban J connectivity index is 2.03. The molecule has 0 saturated heterocycles. The first-order valence-electron chi connectivity index (χ1n) is 8.56. The SMILES string of the molecule is COC1(c2ccc(Cl)cc2)OC(=O)C(c2ccccc2)=C1c1ccccc1. The van der Waals surface area contributed by atoms with E-state index in [-0.39, 0.29) is 0 Å². The van der Waals surface area contributed by atoms with E-state index in [0.717, 1.165) is 11.1 Å². The Morgan fingerprint density at radius 1 is 0.815 bits per heavy atom. The highest BCUT2D eigenvalue weighted by Crippen LogP contribution is 2.50. The minimum atomic E-state index is -1.34. The summed E-state index contributed by atoms with van der Waals surface area (Å²) in [5, 5.41) is 0.600. The Kier molecular flexibility index (Phi) is 4.56. The molecule has 3 aromatic carbocycles. The smallest absolute Gasteiger partial charge is 0.342 e. The van der Waals surface area contributed by atoms with E-state index in [0.29, 0.717) is 21.7 Å². The standard InChI is InChI=1S/C23H17ClO3/c1-26-23(18-12-14-19(24)15-13-18)21(17-10-6-3-7-11-17)20(22(25)27-23)16-8-4-2-5-9-16/h2-15H,1H3. The first-order chi connectivity index (χ1) is 13.2. The van der Waals surface area contributed by atoms with Gasteiger partial charge in [-0.3, -0.25) is 0 Å². The van der Waals surface area contributed by atoms with Crippen molar-refractivity contribution in [1.82, 2.24) is 0 Å². The quantitative estimate of drug-likeness (QED) is 0.579. The largest absolute Gasteiger partial charge is 0.420 e. The predicted octanol–water partition coefficient (Wildman–Crippen LogP) is 5.31. The summed E-state index contributed by atoms with van der Waals surface area (Å²) in [5.41, 5.74) is 3.53. The van der Waals surface area contributed by atoms with Crippen molar-refractivity contribution in [2.45, 2.75) is 5.79 Å². The molecule has 27 heavy (non-hydrogen) atoms. The van der Waals surface area contributed by atoms with E-state index in [1.54, 1.807) is 19.2 Å². The van der Waals surface area contributed by atoms with Crippen LogP contribution in [0.5, 0.6) is 0 Å². The number of carbonyl (C=O) groups is 1. The van der Waals surface area contributed by atoms with Crippen LogP contribution in [0.1, 0.15) is 16.7 Å². The number of esters is 1. The zero-order chi connectivity index (χ0) is 18.9. The molecule has 0 aliphatic carbocycles. The van der Waals surface area contributed by atoms with Gasteiger partial charge in [0.2, 0.25) is 0 Å². The lowest BCUT2D eigenvalue weighted by molar-refractivity contribution is -0.188. The van der Waals surface area contributed by atoms with Crippen LogP contribution < -0.4 is 0 Å². The fraction of sp³-hybridized carbons (Fsp3) is 0.0870. The summed E-state index contributed by atoms with van der Waals surface area (Å²) in [5.74, 6) is -1.76. The van der Waals surface area contributed by atoms with Crippen LogP contribution in [0.4, 0.5) is 0 Å². The Hall–Kier alpha value is -2.88. The van der Waals surface area contributed by atoms with Gasteiger partial charge >= 0.3 is 5.97 Å². The van der Waals surface area contributed by atoms with Gasteiger partial charge in [0.15, 0.2) is 0 Å². The molecular weight excluding hydrogens is 360 g/mol. The molecule has 3 nitrogen and oxygen atoms in total. The highest BCUT2D eigenvalue weighted by atomic mass is 35.5. The minimum Gasteiger partial charge on any atom is -0.420 e. The zero-order valence-corrected chi connectivity index (χ0v) is 15.4. The van der Waals surface area contributed by atoms with Crippen molar-refractivity contribution >= 4 is 28.7 Å². The normalized spacial score (nSPS) is 19.3. The van der Waals surface area contributed by atoms with Gasteiger partial charge in [-0.05, 0) is 23.3 Å². The number of benzene rings is 3. The van der Waals surface area contributed by atoms with Gasteiger partial charge in [0, 0.05) is 17.7 Å². The number of halogens is 1. The molecule has 1 atom stereocenters. The van der Waals surface area contributed by atoms with E-state index in [1.165, 1.54) is 0 Å². The second kappa shape index (κ2) is 7.03. The fourth-order valence-corrected chi connectivity index (χ4v) is 3.57. The number of hydrogen-bond acceptors (Lipinski definition) is 3. The first-order valence-corrected chi connectivity index (χ1v) is 8.93. The molecule has 1 aliphatic heterocycles. The monoisotopic (exact) mass is 376 g/mol. The van der Waals surface area contributed by atoms with E-state index >= 15 is 0 Å². The van der Waals surface area contributed by atoms with Crippen molar-refractivity contribution in [2.75, 3.05) is 7.11 Å². The van der Waals surface area contributed by atoms with Gasteiger partial charge in [-0.25, -0.2) is 4.79 Å². The second-order valence-electron chi connectivity index (χ2n) is 6.20. The van der Waals surface area contributed by atoms with Gasteiger partial charge in [0.1, 0.15) is 0 Å². The van der Waals surface area contributed by atoms with Gasteiger partial charge in [-0.1, -0.05) is 84.4 Å². The van der Waals surface area contributed by atoms with Crippen LogP contribution in [0, 0.1) is 0 Å². The van der Waals surface area contributed by atoms with Crippen molar-refractivity contribution in [3.63, 3.8) is 0 Å². The van der Waals surface area contributed by atoms with Crippen LogP contribution in [0.15, 0.2) is 84.9 Å². The van der Waals surface area contributed by atoms with Crippen LogP contribution in [0.2, 0.25) is 5.02 Å². The summed E-state index contributed by atoms with van der Waals surface area (Å²) in [4.78, 5) is 13.0. The van der Waals surface area contributed by atoms with Crippen molar-refractivity contribution in [3.05, 3.63) is 107 Å². The summed E-state index contributed by atoms with van der Waals surface area (Å²) in [7, 11) is 1.54. The molecule has 0 N–H and O–H groups in total. The molecule has 4 heteroatoms. The first kappa shape index (κ1) is 17.5. The van der Waals surface area contributed by atoms with Gasteiger partial charge in [0.25, 0.3) is 5.79 Å². The number of rotatable bonds is 4. The summed E-state index contributed by atoms with van der Waals surface area (Å²) in [6.45, 7) is 0. The number of cyclic esters (lactones) is 1. The molecule has 1 aliphatic rings. The average Bonchev–Trinajstić information content (AvgIpc) is 3.03. The number of ether oxygens (including phenoxy) is 2. The number of methoxy groups -OCH3 is 1. The maximum Gasteiger partial charge on any atom is 0.342 e. The van der Waals surface area contributed by atoms with E-state index in [2.05, 4.69) is 0 Å². The van der Waals surface area contributed by atoms with Crippen molar-refractivity contribution < 1.29 is 14.3 Å².